The molecule has 1 aromatic carbocycles. The van der Waals surface area contributed by atoms with E-state index in [0.717, 1.165) is 52.1 Å². The lowest BCUT2D eigenvalue weighted by atomic mass is 9.94. The number of methoxy groups -OCH3 is 2. The second-order valence-electron chi connectivity index (χ2n) is 8.80. The number of nitrogens with zero attached hydrogens (tertiary/aromatic N) is 2. The van der Waals surface area contributed by atoms with Gasteiger partial charge < -0.3 is 19.5 Å². The third-order valence-corrected chi connectivity index (χ3v) is 7.37. The van der Waals surface area contributed by atoms with Crippen molar-refractivity contribution in [1.82, 2.24) is 9.97 Å². The predicted octanol–water partition coefficient (Wildman–Crippen LogP) is 5.71. The number of thioether (sulfide) groups is 1. The van der Waals surface area contributed by atoms with Crippen molar-refractivity contribution in [2.24, 2.45) is 0 Å². The molecular formula is C24H31N3O3S2. The van der Waals surface area contributed by atoms with Crippen LogP contribution in [0.15, 0.2) is 23.4 Å². The molecule has 1 aliphatic heterocycles. The number of fused-ring (bicyclic) bond motifs is 3. The molecule has 0 radical (unpaired) electrons. The first-order valence-corrected chi connectivity index (χ1v) is 12.6. The summed E-state index contributed by atoms with van der Waals surface area (Å²) >= 11 is 3.43. The van der Waals surface area contributed by atoms with Gasteiger partial charge in [0.25, 0.3) is 0 Å². The first-order chi connectivity index (χ1) is 15.3. The molecule has 1 N–H and O–H groups in total. The number of rotatable bonds is 8. The molecule has 1 aliphatic rings. The van der Waals surface area contributed by atoms with Gasteiger partial charge >= 0.3 is 0 Å². The van der Waals surface area contributed by atoms with Crippen molar-refractivity contribution in [1.29, 1.82) is 0 Å². The van der Waals surface area contributed by atoms with Crippen LogP contribution in [0.2, 0.25) is 0 Å². The highest BCUT2D eigenvalue weighted by molar-refractivity contribution is 7.99. The van der Waals surface area contributed by atoms with Crippen LogP contribution >= 0.6 is 23.1 Å². The molecule has 0 atom stereocenters. The smallest absolute Gasteiger partial charge is 0.191 e. The van der Waals surface area contributed by atoms with Gasteiger partial charge in [0, 0.05) is 23.1 Å². The first kappa shape index (κ1) is 23.1. The average Bonchev–Trinajstić information content (AvgIpc) is 3.09. The first-order valence-electron chi connectivity index (χ1n) is 10.9. The second kappa shape index (κ2) is 9.45. The summed E-state index contributed by atoms with van der Waals surface area (Å²) in [5, 5.41) is 6.00. The molecule has 2 aromatic heterocycles. The maximum atomic E-state index is 6.05. The summed E-state index contributed by atoms with van der Waals surface area (Å²) in [7, 11) is 3.32. The van der Waals surface area contributed by atoms with Crippen molar-refractivity contribution >= 4 is 39.1 Å². The van der Waals surface area contributed by atoms with Crippen LogP contribution in [-0.2, 0) is 24.2 Å². The fourth-order valence-corrected chi connectivity index (χ4v) is 5.75. The molecule has 0 unspecified atom stereocenters. The van der Waals surface area contributed by atoms with Gasteiger partial charge in [0.15, 0.2) is 16.7 Å². The Morgan fingerprint density at radius 1 is 1.19 bits per heavy atom. The Morgan fingerprint density at radius 2 is 1.97 bits per heavy atom. The van der Waals surface area contributed by atoms with Gasteiger partial charge in [-0.15, -0.1) is 11.3 Å². The highest BCUT2D eigenvalue weighted by Gasteiger charge is 2.31. The van der Waals surface area contributed by atoms with Gasteiger partial charge in [-0.25, -0.2) is 9.97 Å². The second-order valence-corrected chi connectivity index (χ2v) is 11.4. The molecule has 0 spiro atoms. The van der Waals surface area contributed by atoms with Crippen LogP contribution in [0, 0.1) is 0 Å². The van der Waals surface area contributed by atoms with E-state index in [0.29, 0.717) is 11.9 Å². The van der Waals surface area contributed by atoms with Gasteiger partial charge in [-0.2, -0.15) is 0 Å². The van der Waals surface area contributed by atoms with Crippen molar-refractivity contribution < 1.29 is 14.2 Å². The van der Waals surface area contributed by atoms with Gasteiger partial charge in [-0.05, 0) is 43.5 Å². The number of hydrogen-bond donors (Lipinski definition) is 1. The molecule has 32 heavy (non-hydrogen) atoms. The topological polar surface area (TPSA) is 65.5 Å². The standard InChI is InChI=1S/C24H31N3O3S2/c1-14(2)31-23-26-21(25-10-9-15-7-8-17(28-5)18(11-15)29-6)20-16-12-24(3,4)30-13-19(16)32-22(20)27-23/h7-8,11,14H,9-10,12-13H2,1-6H3,(H,25,26,27). The van der Waals surface area contributed by atoms with Gasteiger partial charge in [0.1, 0.15) is 10.6 Å². The highest BCUT2D eigenvalue weighted by atomic mass is 32.2. The van der Waals surface area contributed by atoms with E-state index in [9.17, 15) is 0 Å². The lowest BCUT2D eigenvalue weighted by molar-refractivity contribution is -0.0379. The van der Waals surface area contributed by atoms with Crippen LogP contribution in [0.3, 0.4) is 0 Å². The van der Waals surface area contributed by atoms with Crippen molar-refractivity contribution in [2.45, 2.75) is 63.2 Å². The minimum atomic E-state index is -0.177. The zero-order valence-electron chi connectivity index (χ0n) is 19.6. The number of aromatic nitrogens is 2. The number of anilines is 1. The van der Waals surface area contributed by atoms with Crippen molar-refractivity contribution in [3.05, 3.63) is 34.2 Å². The zero-order chi connectivity index (χ0) is 22.9. The molecule has 0 bridgehead atoms. The number of benzene rings is 1. The van der Waals surface area contributed by atoms with Crippen LogP contribution in [0.25, 0.3) is 10.2 Å². The molecule has 0 aliphatic carbocycles. The lowest BCUT2D eigenvalue weighted by Crippen LogP contribution is -2.31. The van der Waals surface area contributed by atoms with E-state index in [1.165, 1.54) is 16.0 Å². The summed E-state index contributed by atoms with van der Waals surface area (Å²) in [4.78, 5) is 12.1. The van der Waals surface area contributed by atoms with E-state index in [2.05, 4.69) is 39.1 Å². The molecule has 0 saturated heterocycles. The highest BCUT2D eigenvalue weighted by Crippen LogP contribution is 2.41. The molecule has 4 rings (SSSR count). The van der Waals surface area contributed by atoms with Gasteiger partial charge in [0.05, 0.1) is 31.8 Å². The number of thiophene rings is 1. The minimum absolute atomic E-state index is 0.177. The maximum Gasteiger partial charge on any atom is 0.191 e. The van der Waals surface area contributed by atoms with E-state index >= 15 is 0 Å². The van der Waals surface area contributed by atoms with E-state index in [1.54, 1.807) is 37.3 Å². The molecule has 0 amide bonds. The predicted molar refractivity (Wildman–Crippen MR) is 133 cm³/mol. The molecule has 3 aromatic rings. The maximum absolute atomic E-state index is 6.05. The van der Waals surface area contributed by atoms with Crippen molar-refractivity contribution in [3.63, 3.8) is 0 Å². The molecular weight excluding hydrogens is 442 g/mol. The SMILES string of the molecule is COc1ccc(CCNc2nc(SC(C)C)nc3sc4c(c23)CC(C)(C)OC4)cc1OC. The number of ether oxygens (including phenoxy) is 3. The van der Waals surface area contributed by atoms with Crippen molar-refractivity contribution in [3.8, 4) is 11.5 Å². The van der Waals surface area contributed by atoms with Gasteiger partial charge in [-0.1, -0.05) is 31.7 Å². The minimum Gasteiger partial charge on any atom is -0.493 e. The third kappa shape index (κ3) is 4.97. The monoisotopic (exact) mass is 473 g/mol. The van der Waals surface area contributed by atoms with Crippen LogP contribution in [0.1, 0.15) is 43.7 Å². The Bertz CT molecular complexity index is 1110. The fraction of sp³-hybridized carbons (Fsp3) is 0.500. The van der Waals surface area contributed by atoms with Gasteiger partial charge in [-0.3, -0.25) is 0 Å². The summed E-state index contributed by atoms with van der Waals surface area (Å²) in [5.74, 6) is 2.42. The summed E-state index contributed by atoms with van der Waals surface area (Å²) in [6.45, 7) is 10.0. The Morgan fingerprint density at radius 3 is 2.69 bits per heavy atom. The Hall–Kier alpha value is -2.03. The molecule has 3 heterocycles. The number of hydrogen-bond acceptors (Lipinski definition) is 8. The third-order valence-electron chi connectivity index (χ3n) is 5.41. The quantitative estimate of drug-likeness (QED) is 0.332. The summed E-state index contributed by atoms with van der Waals surface area (Å²) in [5.41, 5.74) is 2.33. The summed E-state index contributed by atoms with van der Waals surface area (Å²) < 4.78 is 16.8. The normalized spacial score (nSPS) is 15.1. The largest absolute Gasteiger partial charge is 0.493 e. The van der Waals surface area contributed by atoms with Crippen LogP contribution in [-0.4, -0.2) is 41.6 Å². The Labute approximate surface area is 198 Å². The van der Waals surface area contributed by atoms with E-state index in [-0.39, 0.29) is 5.60 Å². The molecule has 172 valence electrons. The fourth-order valence-electron chi connectivity index (χ4n) is 3.88. The Balaban J connectivity index is 1.62. The van der Waals surface area contributed by atoms with Crippen LogP contribution in [0.5, 0.6) is 11.5 Å². The van der Waals surface area contributed by atoms with E-state index in [1.807, 2.05) is 12.1 Å². The average molecular weight is 474 g/mol. The van der Waals surface area contributed by atoms with Crippen LogP contribution < -0.4 is 14.8 Å². The zero-order valence-corrected chi connectivity index (χ0v) is 21.2. The van der Waals surface area contributed by atoms with Gasteiger partial charge in [0.2, 0.25) is 0 Å². The van der Waals surface area contributed by atoms with Crippen molar-refractivity contribution in [2.75, 3.05) is 26.1 Å². The van der Waals surface area contributed by atoms with Crippen LogP contribution in [0.4, 0.5) is 5.82 Å². The molecule has 0 fully saturated rings. The number of nitrogens with one attached hydrogen (secondary N) is 1. The molecule has 6 nitrogen and oxygen atoms in total. The Kier molecular flexibility index (Phi) is 6.83. The molecule has 0 saturated carbocycles. The van der Waals surface area contributed by atoms with E-state index in [4.69, 9.17) is 24.2 Å². The molecule has 8 heteroatoms. The summed E-state index contributed by atoms with van der Waals surface area (Å²) in [6, 6.07) is 6.05. The summed E-state index contributed by atoms with van der Waals surface area (Å²) in [6.07, 6.45) is 1.71. The lowest BCUT2D eigenvalue weighted by Gasteiger charge is -2.30. The van der Waals surface area contributed by atoms with E-state index < -0.39 is 0 Å².